The van der Waals surface area contributed by atoms with Crippen LogP contribution < -0.4 is 0 Å². The fourth-order valence-electron chi connectivity index (χ4n) is 2.34. The maximum absolute atomic E-state index is 9.82. The van der Waals surface area contributed by atoms with Crippen molar-refractivity contribution >= 4 is 0 Å². The highest BCUT2D eigenvalue weighted by Gasteiger charge is 2.39. The van der Waals surface area contributed by atoms with Crippen molar-refractivity contribution in [1.82, 2.24) is 0 Å². The SMILES string of the molecule is CCCCCC/C=C/CCOC[C@@H](O)[C@H]1OC[C@H](O)[C@H]1O. The Hall–Kier alpha value is -0.460. The van der Waals surface area contributed by atoms with Crippen molar-refractivity contribution in [3.05, 3.63) is 12.2 Å². The monoisotopic (exact) mass is 302 g/mol. The fraction of sp³-hybridized carbons (Fsp3) is 0.875. The third-order valence-electron chi connectivity index (χ3n) is 3.68. The minimum absolute atomic E-state index is 0.0592. The molecule has 4 atom stereocenters. The number of ether oxygens (including phenoxy) is 2. The van der Waals surface area contributed by atoms with E-state index in [1.165, 1.54) is 25.7 Å². The molecule has 0 amide bonds. The van der Waals surface area contributed by atoms with Crippen molar-refractivity contribution in [2.45, 2.75) is 69.9 Å². The summed E-state index contributed by atoms with van der Waals surface area (Å²) in [4.78, 5) is 0. The van der Waals surface area contributed by atoms with Crippen LogP contribution in [0.25, 0.3) is 0 Å². The van der Waals surface area contributed by atoms with Crippen molar-refractivity contribution in [2.75, 3.05) is 19.8 Å². The zero-order chi connectivity index (χ0) is 15.5. The Bertz CT molecular complexity index is 282. The van der Waals surface area contributed by atoms with E-state index in [-0.39, 0.29) is 13.2 Å². The van der Waals surface area contributed by atoms with Crippen LogP contribution >= 0.6 is 0 Å². The van der Waals surface area contributed by atoms with Gasteiger partial charge in [0.1, 0.15) is 24.4 Å². The first-order valence-electron chi connectivity index (χ1n) is 8.05. The molecule has 0 saturated carbocycles. The van der Waals surface area contributed by atoms with E-state index in [9.17, 15) is 15.3 Å². The van der Waals surface area contributed by atoms with E-state index >= 15 is 0 Å². The third kappa shape index (κ3) is 7.38. The summed E-state index contributed by atoms with van der Waals surface area (Å²) in [6, 6.07) is 0. The van der Waals surface area contributed by atoms with Crippen LogP contribution in [-0.2, 0) is 9.47 Å². The molecule has 3 N–H and O–H groups in total. The Morgan fingerprint density at radius 2 is 1.95 bits per heavy atom. The molecular formula is C16H30O5. The van der Waals surface area contributed by atoms with Gasteiger partial charge in [0, 0.05) is 0 Å². The van der Waals surface area contributed by atoms with Crippen LogP contribution in [0.15, 0.2) is 12.2 Å². The lowest BCUT2D eigenvalue weighted by Crippen LogP contribution is -2.40. The van der Waals surface area contributed by atoms with E-state index in [1.54, 1.807) is 0 Å². The molecular weight excluding hydrogens is 272 g/mol. The Kier molecular flexibility index (Phi) is 9.87. The maximum atomic E-state index is 9.82. The summed E-state index contributed by atoms with van der Waals surface area (Å²) in [5, 5.41) is 28.7. The number of hydrogen-bond donors (Lipinski definition) is 3. The second kappa shape index (κ2) is 11.2. The molecule has 1 aliphatic heterocycles. The molecule has 21 heavy (non-hydrogen) atoms. The number of allylic oxidation sites excluding steroid dienone is 1. The molecule has 0 aromatic heterocycles. The van der Waals surface area contributed by atoms with Crippen LogP contribution in [-0.4, -0.2) is 59.6 Å². The second-order valence-corrected chi connectivity index (χ2v) is 5.61. The maximum Gasteiger partial charge on any atom is 0.114 e. The van der Waals surface area contributed by atoms with Gasteiger partial charge in [-0.25, -0.2) is 0 Å². The van der Waals surface area contributed by atoms with Crippen LogP contribution in [0.2, 0.25) is 0 Å². The highest BCUT2D eigenvalue weighted by molar-refractivity contribution is 4.88. The fourth-order valence-corrected chi connectivity index (χ4v) is 2.34. The van der Waals surface area contributed by atoms with E-state index in [1.807, 2.05) is 0 Å². The van der Waals surface area contributed by atoms with Crippen molar-refractivity contribution < 1.29 is 24.8 Å². The quantitative estimate of drug-likeness (QED) is 0.397. The van der Waals surface area contributed by atoms with Gasteiger partial charge in [0.05, 0.1) is 19.8 Å². The molecule has 0 bridgehead atoms. The number of unbranched alkanes of at least 4 members (excludes halogenated alkanes) is 4. The molecule has 124 valence electrons. The van der Waals surface area contributed by atoms with Crippen LogP contribution in [0.5, 0.6) is 0 Å². The first kappa shape index (κ1) is 18.6. The van der Waals surface area contributed by atoms with E-state index in [2.05, 4.69) is 19.1 Å². The van der Waals surface area contributed by atoms with Gasteiger partial charge in [0.2, 0.25) is 0 Å². The summed E-state index contributed by atoms with van der Waals surface area (Å²) in [6.45, 7) is 2.91. The van der Waals surface area contributed by atoms with Crippen LogP contribution in [0.4, 0.5) is 0 Å². The summed E-state index contributed by atoms with van der Waals surface area (Å²) < 4.78 is 10.5. The van der Waals surface area contributed by atoms with Crippen LogP contribution in [0.3, 0.4) is 0 Å². The van der Waals surface area contributed by atoms with E-state index in [0.29, 0.717) is 6.61 Å². The Morgan fingerprint density at radius 3 is 2.62 bits per heavy atom. The van der Waals surface area contributed by atoms with Crippen molar-refractivity contribution in [2.24, 2.45) is 0 Å². The minimum Gasteiger partial charge on any atom is -0.388 e. The number of aliphatic hydroxyl groups excluding tert-OH is 3. The summed E-state index contributed by atoms with van der Waals surface area (Å²) >= 11 is 0. The van der Waals surface area contributed by atoms with E-state index in [0.717, 1.165) is 12.8 Å². The molecule has 0 aliphatic carbocycles. The molecule has 0 unspecified atom stereocenters. The second-order valence-electron chi connectivity index (χ2n) is 5.61. The molecule has 0 radical (unpaired) electrons. The molecule has 1 rings (SSSR count). The van der Waals surface area contributed by atoms with Crippen LogP contribution in [0.1, 0.15) is 45.4 Å². The average Bonchev–Trinajstić information content (AvgIpc) is 2.81. The largest absolute Gasteiger partial charge is 0.388 e. The lowest BCUT2D eigenvalue weighted by molar-refractivity contribution is -0.0806. The van der Waals surface area contributed by atoms with Gasteiger partial charge >= 0.3 is 0 Å². The third-order valence-corrected chi connectivity index (χ3v) is 3.68. The van der Waals surface area contributed by atoms with E-state index < -0.39 is 24.4 Å². The first-order valence-corrected chi connectivity index (χ1v) is 8.05. The Balaban J connectivity index is 1.97. The first-order chi connectivity index (χ1) is 10.2. The van der Waals surface area contributed by atoms with Gasteiger partial charge in [-0.05, 0) is 19.3 Å². The summed E-state index contributed by atoms with van der Waals surface area (Å²) in [7, 11) is 0. The molecule has 1 heterocycles. The standard InChI is InChI=1S/C16H30O5/c1-2-3-4-5-6-7-8-9-10-20-11-14(18)16-15(19)13(17)12-21-16/h7-8,13-19H,2-6,9-12H2,1H3/b8-7+/t13-,14+,15+,16+/m0/s1. The zero-order valence-corrected chi connectivity index (χ0v) is 13.0. The van der Waals surface area contributed by atoms with Gasteiger partial charge in [0.15, 0.2) is 0 Å². The molecule has 0 aromatic carbocycles. The van der Waals surface area contributed by atoms with Gasteiger partial charge in [-0.1, -0.05) is 38.3 Å². The van der Waals surface area contributed by atoms with Gasteiger partial charge in [0.25, 0.3) is 0 Å². The molecule has 1 fully saturated rings. The molecule has 5 heteroatoms. The average molecular weight is 302 g/mol. The van der Waals surface area contributed by atoms with Crippen molar-refractivity contribution in [3.8, 4) is 0 Å². The molecule has 0 aromatic rings. The highest BCUT2D eigenvalue weighted by Crippen LogP contribution is 2.17. The zero-order valence-electron chi connectivity index (χ0n) is 13.0. The van der Waals surface area contributed by atoms with Gasteiger partial charge in [-0.2, -0.15) is 0 Å². The Morgan fingerprint density at radius 1 is 1.19 bits per heavy atom. The molecule has 5 nitrogen and oxygen atoms in total. The van der Waals surface area contributed by atoms with Gasteiger partial charge < -0.3 is 24.8 Å². The normalized spacial score (nSPS) is 27.5. The number of aliphatic hydroxyl groups is 3. The van der Waals surface area contributed by atoms with Crippen LogP contribution in [0, 0.1) is 0 Å². The van der Waals surface area contributed by atoms with Crippen molar-refractivity contribution in [1.29, 1.82) is 0 Å². The molecule has 1 saturated heterocycles. The topological polar surface area (TPSA) is 79.2 Å². The molecule has 1 aliphatic rings. The summed E-state index contributed by atoms with van der Waals surface area (Å²) in [5.41, 5.74) is 0. The lowest BCUT2D eigenvalue weighted by Gasteiger charge is -2.20. The summed E-state index contributed by atoms with van der Waals surface area (Å²) in [5.74, 6) is 0. The number of hydrogen-bond acceptors (Lipinski definition) is 5. The summed E-state index contributed by atoms with van der Waals surface area (Å²) in [6.07, 6.45) is 7.69. The smallest absolute Gasteiger partial charge is 0.114 e. The van der Waals surface area contributed by atoms with Gasteiger partial charge in [-0.15, -0.1) is 0 Å². The minimum atomic E-state index is -1.04. The molecule has 0 spiro atoms. The predicted octanol–water partition coefficient (Wildman–Crippen LogP) is 1.40. The van der Waals surface area contributed by atoms with E-state index in [4.69, 9.17) is 9.47 Å². The Labute approximate surface area is 127 Å². The lowest BCUT2D eigenvalue weighted by atomic mass is 10.1. The highest BCUT2D eigenvalue weighted by atomic mass is 16.5. The predicted molar refractivity (Wildman–Crippen MR) is 81.1 cm³/mol. The van der Waals surface area contributed by atoms with Gasteiger partial charge in [-0.3, -0.25) is 0 Å². The van der Waals surface area contributed by atoms with Crippen molar-refractivity contribution in [3.63, 3.8) is 0 Å². The number of rotatable bonds is 11.